The summed E-state index contributed by atoms with van der Waals surface area (Å²) in [6.45, 7) is 5.29. The van der Waals surface area contributed by atoms with E-state index in [1.807, 2.05) is 6.92 Å². The van der Waals surface area contributed by atoms with Gasteiger partial charge in [0.25, 0.3) is 11.8 Å². The smallest absolute Gasteiger partial charge is 0.303 e. The normalized spacial score (nSPS) is 33.7. The monoisotopic (exact) mass is 963 g/mol. The number of aliphatic hydroxyl groups excluding tert-OH is 5. The van der Waals surface area contributed by atoms with Crippen molar-refractivity contribution >= 4 is 29.6 Å². The molecule has 3 heterocycles. The van der Waals surface area contributed by atoms with Crippen molar-refractivity contribution in [1.29, 1.82) is 0 Å². The number of aliphatic carboxylic acids is 1. The number of rotatable bonds is 21. The minimum atomic E-state index is -1.66. The van der Waals surface area contributed by atoms with Gasteiger partial charge in [-0.05, 0) is 68.9 Å². The molecule has 382 valence electrons. The quantitative estimate of drug-likeness (QED) is 0.0759. The lowest BCUT2D eigenvalue weighted by Gasteiger charge is -2.49. The molecule has 1 aromatic carbocycles. The number of hydrogen-bond donors (Lipinski definition) is 9. The first-order valence-electron chi connectivity index (χ1n) is 24.6. The molecule has 0 spiro atoms. The fraction of sp³-hybridized carbons (Fsp3) is 0.771. The summed E-state index contributed by atoms with van der Waals surface area (Å²) in [6, 6.07) is 5.68. The van der Waals surface area contributed by atoms with Gasteiger partial charge < -0.3 is 75.2 Å². The summed E-state index contributed by atoms with van der Waals surface area (Å²) in [5, 5.41) is 72.1. The Morgan fingerprint density at radius 3 is 2.24 bits per heavy atom. The SMILES string of the molecule is CCC1CC(C(=O)NCCNC(=O)c2ccccc2CCCC(=O)O)C[C@@H](O[C@@H]2OC(CO)[C@H](O)C(O[C@@H](CC3CCCCC3)C(=O)N3CCC3)C2NC(C)=O)C1O[C@@H]1OC(C)[C@@H](O)C(O)C1O. The van der Waals surface area contributed by atoms with Crippen molar-refractivity contribution < 1.29 is 78.3 Å². The summed E-state index contributed by atoms with van der Waals surface area (Å²) in [6.07, 6.45) is -7.83. The van der Waals surface area contributed by atoms with Crippen molar-refractivity contribution in [3.8, 4) is 0 Å². The number of carboxylic acids is 1. The van der Waals surface area contributed by atoms with E-state index >= 15 is 0 Å². The number of carboxylic acid groups (broad SMARTS) is 1. The molecule has 0 bridgehead atoms. The highest BCUT2D eigenvalue weighted by Crippen LogP contribution is 2.40. The Labute approximate surface area is 397 Å². The molecule has 5 aliphatic rings. The molecule has 6 rings (SSSR count). The van der Waals surface area contributed by atoms with E-state index in [9.17, 15) is 49.5 Å². The van der Waals surface area contributed by atoms with Crippen LogP contribution in [0.3, 0.4) is 0 Å². The Balaban J connectivity index is 1.22. The van der Waals surface area contributed by atoms with Gasteiger partial charge >= 0.3 is 5.97 Å². The van der Waals surface area contributed by atoms with E-state index < -0.39 is 110 Å². The molecule has 3 saturated heterocycles. The fourth-order valence-corrected chi connectivity index (χ4v) is 10.3. The van der Waals surface area contributed by atoms with Gasteiger partial charge in [-0.25, -0.2) is 0 Å². The van der Waals surface area contributed by atoms with E-state index in [0.29, 0.717) is 49.9 Å². The molecule has 0 radical (unpaired) electrons. The molecule has 9 unspecified atom stereocenters. The van der Waals surface area contributed by atoms with Crippen LogP contribution in [0, 0.1) is 17.8 Å². The van der Waals surface area contributed by atoms with Crippen LogP contribution in [-0.4, -0.2) is 178 Å². The molecule has 15 atom stereocenters. The molecule has 2 aliphatic carbocycles. The number of hydrogen-bond acceptors (Lipinski definition) is 15. The van der Waals surface area contributed by atoms with Gasteiger partial charge in [-0.2, -0.15) is 0 Å². The molecule has 20 heteroatoms. The second-order valence-corrected chi connectivity index (χ2v) is 19.2. The van der Waals surface area contributed by atoms with E-state index in [1.54, 1.807) is 29.2 Å². The number of aliphatic hydroxyl groups is 5. The van der Waals surface area contributed by atoms with Crippen LogP contribution in [0.5, 0.6) is 0 Å². The first-order chi connectivity index (χ1) is 32.6. The number of benzene rings is 1. The molecule has 68 heavy (non-hydrogen) atoms. The summed E-state index contributed by atoms with van der Waals surface area (Å²) in [4.78, 5) is 66.9. The van der Waals surface area contributed by atoms with E-state index in [0.717, 1.165) is 38.5 Å². The topological polar surface area (TPSA) is 292 Å². The zero-order valence-electron chi connectivity index (χ0n) is 39.5. The van der Waals surface area contributed by atoms with Gasteiger partial charge in [0.2, 0.25) is 11.8 Å². The Kier molecular flexibility index (Phi) is 19.9. The first kappa shape index (κ1) is 53.5. The number of likely N-dealkylation sites (tertiary alicyclic amines) is 1. The zero-order valence-corrected chi connectivity index (χ0v) is 39.5. The average molecular weight is 963 g/mol. The maximum atomic E-state index is 14.0. The number of aryl methyl sites for hydroxylation is 1. The van der Waals surface area contributed by atoms with Crippen LogP contribution < -0.4 is 16.0 Å². The van der Waals surface area contributed by atoms with Crippen molar-refractivity contribution in [3.05, 3.63) is 35.4 Å². The number of ether oxygens (including phenoxy) is 5. The molecule has 2 saturated carbocycles. The summed E-state index contributed by atoms with van der Waals surface area (Å²) in [5.74, 6) is -3.34. The maximum Gasteiger partial charge on any atom is 0.303 e. The number of nitrogens with zero attached hydrogens (tertiary/aromatic N) is 1. The van der Waals surface area contributed by atoms with E-state index in [1.165, 1.54) is 13.8 Å². The number of carbonyl (C=O) groups is 5. The van der Waals surface area contributed by atoms with Crippen LogP contribution in [0.15, 0.2) is 24.3 Å². The van der Waals surface area contributed by atoms with E-state index in [4.69, 9.17) is 28.8 Å². The molecule has 20 nitrogen and oxygen atoms in total. The Hall–Kier alpha value is -3.83. The summed E-state index contributed by atoms with van der Waals surface area (Å²) >= 11 is 0. The fourth-order valence-electron chi connectivity index (χ4n) is 10.3. The lowest BCUT2D eigenvalue weighted by molar-refractivity contribution is -0.338. The van der Waals surface area contributed by atoms with Crippen molar-refractivity contribution in [2.24, 2.45) is 17.8 Å². The molecule has 0 aromatic heterocycles. The summed E-state index contributed by atoms with van der Waals surface area (Å²) in [5.41, 5.74) is 1.11. The third kappa shape index (κ3) is 13.7. The van der Waals surface area contributed by atoms with Gasteiger partial charge in [-0.3, -0.25) is 24.0 Å². The Morgan fingerprint density at radius 1 is 0.853 bits per heavy atom. The second kappa shape index (κ2) is 25.3. The highest BCUT2D eigenvalue weighted by Gasteiger charge is 2.53. The van der Waals surface area contributed by atoms with Crippen molar-refractivity contribution in [2.75, 3.05) is 32.8 Å². The number of carbonyl (C=O) groups excluding carboxylic acids is 4. The van der Waals surface area contributed by atoms with Gasteiger partial charge in [0.05, 0.1) is 24.9 Å². The second-order valence-electron chi connectivity index (χ2n) is 19.2. The van der Waals surface area contributed by atoms with Gasteiger partial charge in [0, 0.05) is 51.0 Å². The predicted octanol–water partition coefficient (Wildman–Crippen LogP) is 0.513. The van der Waals surface area contributed by atoms with Crippen LogP contribution in [0.1, 0.15) is 114 Å². The Bertz CT molecular complexity index is 1830. The van der Waals surface area contributed by atoms with Crippen molar-refractivity contribution in [2.45, 2.75) is 184 Å². The van der Waals surface area contributed by atoms with Gasteiger partial charge in [-0.15, -0.1) is 0 Å². The largest absolute Gasteiger partial charge is 0.481 e. The molecule has 9 N–H and O–H groups in total. The summed E-state index contributed by atoms with van der Waals surface area (Å²) in [7, 11) is 0. The van der Waals surface area contributed by atoms with Gasteiger partial charge in [0.1, 0.15) is 48.8 Å². The van der Waals surface area contributed by atoms with Crippen LogP contribution in [0.4, 0.5) is 0 Å². The van der Waals surface area contributed by atoms with Crippen molar-refractivity contribution in [1.82, 2.24) is 20.9 Å². The van der Waals surface area contributed by atoms with E-state index in [2.05, 4.69) is 16.0 Å². The van der Waals surface area contributed by atoms with E-state index in [-0.39, 0.29) is 56.0 Å². The van der Waals surface area contributed by atoms with Crippen LogP contribution in [-0.2, 0) is 49.3 Å². The first-order valence-corrected chi connectivity index (χ1v) is 24.6. The number of amides is 4. The van der Waals surface area contributed by atoms with Gasteiger partial charge in [-0.1, -0.05) is 63.6 Å². The van der Waals surface area contributed by atoms with Crippen molar-refractivity contribution in [3.63, 3.8) is 0 Å². The zero-order chi connectivity index (χ0) is 49.1. The molecule has 4 amide bonds. The predicted molar refractivity (Wildman–Crippen MR) is 241 cm³/mol. The lowest BCUT2D eigenvalue weighted by Crippen LogP contribution is -2.67. The minimum absolute atomic E-state index is 0.00506. The molecular formula is C48H74N4O16. The maximum absolute atomic E-state index is 14.0. The third-order valence-corrected chi connectivity index (χ3v) is 14.3. The standard InChI is InChI=1S/C48H74N4O16/c1-4-29-23-31(44(61)49-18-19-50-45(62)32-16-9-8-14-30(32)15-10-17-36(55)56)24-33(42(29)68-48-41(60)40(59)38(57)26(2)64-48)66-47-37(51-27(3)54)43(39(58)35(25-53)67-47)65-34(46(63)52-20-11-21-52)22-28-12-6-5-7-13-28/h8-9,14,16,26,28-29,31,33-35,37-43,47-48,53,57-60H,4-7,10-13,15,17-25H2,1-3H3,(H,49,61)(H,50,62)(H,51,54)(H,55,56)/t26?,29?,31?,33-,34+,35?,37?,38-,39+,40?,41?,42?,43?,47-,48+/m1/s1. The average Bonchev–Trinajstić information content (AvgIpc) is 3.30. The Morgan fingerprint density at radius 2 is 1.57 bits per heavy atom. The lowest BCUT2D eigenvalue weighted by atomic mass is 9.75. The van der Waals surface area contributed by atoms with Crippen LogP contribution in [0.25, 0.3) is 0 Å². The third-order valence-electron chi connectivity index (χ3n) is 14.3. The molecular weight excluding hydrogens is 889 g/mol. The molecule has 1 aromatic rings. The van der Waals surface area contributed by atoms with Gasteiger partial charge in [0.15, 0.2) is 12.6 Å². The molecule has 3 aliphatic heterocycles. The van der Waals surface area contributed by atoms with Crippen LogP contribution in [0.2, 0.25) is 0 Å². The minimum Gasteiger partial charge on any atom is -0.481 e. The number of nitrogens with one attached hydrogen (secondary N) is 3. The highest BCUT2D eigenvalue weighted by atomic mass is 16.7. The van der Waals surface area contributed by atoms with Crippen LogP contribution >= 0.6 is 0 Å². The highest BCUT2D eigenvalue weighted by molar-refractivity contribution is 5.95. The molecule has 5 fully saturated rings. The summed E-state index contributed by atoms with van der Waals surface area (Å²) < 4.78 is 32.0.